The number of hydrogen-bond acceptors (Lipinski definition) is 5. The number of nitro benzene ring substituents is 1. The molecule has 0 spiro atoms. The highest BCUT2D eigenvalue weighted by atomic mass is 35.5. The molecule has 0 aliphatic heterocycles. The molecule has 0 N–H and O–H groups in total. The van der Waals surface area contributed by atoms with Crippen LogP contribution < -0.4 is 4.74 Å². The minimum Gasteiger partial charge on any atom is -0.449 e. The number of halogens is 1. The van der Waals surface area contributed by atoms with E-state index >= 15 is 0 Å². The highest BCUT2D eigenvalue weighted by molar-refractivity contribution is 7.90. The minimum atomic E-state index is -3.54. The average Bonchev–Trinajstić information content (AvgIpc) is 2.40. The van der Waals surface area contributed by atoms with Gasteiger partial charge in [0.05, 0.1) is 14.8 Å². The average molecular weight is 328 g/mol. The second kappa shape index (κ2) is 5.71. The minimum absolute atomic E-state index is 0.0829. The molecule has 2 aromatic carbocycles. The Bertz CT molecular complexity index is 804. The summed E-state index contributed by atoms with van der Waals surface area (Å²) in [5.41, 5.74) is -0.446. The van der Waals surface area contributed by atoms with E-state index < -0.39 is 20.4 Å². The van der Waals surface area contributed by atoms with Crippen molar-refractivity contribution in [3.63, 3.8) is 0 Å². The number of para-hydroxylation sites is 1. The van der Waals surface area contributed by atoms with E-state index in [4.69, 9.17) is 16.3 Å². The van der Waals surface area contributed by atoms with Crippen molar-refractivity contribution in [2.75, 3.05) is 6.26 Å². The summed E-state index contributed by atoms with van der Waals surface area (Å²) in [6.45, 7) is 0. The second-order valence-corrected chi connectivity index (χ2v) is 6.61. The van der Waals surface area contributed by atoms with Crippen LogP contribution in [0.3, 0.4) is 0 Å². The first-order valence-corrected chi connectivity index (χ1v) is 7.97. The monoisotopic (exact) mass is 327 g/mol. The Morgan fingerprint density at radius 3 is 2.38 bits per heavy atom. The van der Waals surface area contributed by atoms with Crippen LogP contribution in [0, 0.1) is 10.1 Å². The summed E-state index contributed by atoms with van der Waals surface area (Å²) in [7, 11) is -3.54. The Morgan fingerprint density at radius 1 is 1.14 bits per heavy atom. The molecule has 0 aliphatic carbocycles. The summed E-state index contributed by atoms with van der Waals surface area (Å²) >= 11 is 5.92. The fraction of sp³-hybridized carbons (Fsp3) is 0.0769. The van der Waals surface area contributed by atoms with Crippen LogP contribution >= 0.6 is 11.6 Å². The molecule has 0 aliphatic rings. The zero-order valence-corrected chi connectivity index (χ0v) is 12.4. The zero-order chi connectivity index (χ0) is 15.6. The zero-order valence-electron chi connectivity index (χ0n) is 10.8. The first-order valence-electron chi connectivity index (χ1n) is 5.70. The molecule has 6 nitrogen and oxygen atoms in total. The quantitative estimate of drug-likeness (QED) is 0.634. The molecule has 0 heterocycles. The highest BCUT2D eigenvalue weighted by Gasteiger charge is 2.20. The number of nitro groups is 1. The van der Waals surface area contributed by atoms with Crippen LogP contribution in [-0.4, -0.2) is 19.6 Å². The molecule has 0 atom stereocenters. The summed E-state index contributed by atoms with van der Waals surface area (Å²) in [6, 6.07) is 9.92. The van der Waals surface area contributed by atoms with E-state index in [9.17, 15) is 18.5 Å². The van der Waals surface area contributed by atoms with Gasteiger partial charge in [0, 0.05) is 12.3 Å². The summed E-state index contributed by atoms with van der Waals surface area (Å²) in [4.78, 5) is 10.2. The van der Waals surface area contributed by atoms with E-state index in [-0.39, 0.29) is 16.4 Å². The molecule has 0 unspecified atom stereocenters. The molecule has 0 fully saturated rings. The fourth-order valence-corrected chi connectivity index (χ4v) is 2.42. The Kier molecular flexibility index (Phi) is 4.15. The molecule has 0 saturated heterocycles. The van der Waals surface area contributed by atoms with Gasteiger partial charge in [0.15, 0.2) is 9.84 Å². The van der Waals surface area contributed by atoms with Gasteiger partial charge in [-0.25, -0.2) is 8.42 Å². The summed E-state index contributed by atoms with van der Waals surface area (Å²) in [5, 5.41) is 11.4. The van der Waals surface area contributed by atoms with Crippen molar-refractivity contribution < 1.29 is 18.1 Å². The van der Waals surface area contributed by atoms with Crippen LogP contribution in [0.4, 0.5) is 5.69 Å². The Morgan fingerprint density at radius 2 is 1.81 bits per heavy atom. The molecule has 0 aromatic heterocycles. The number of ether oxygens (including phenoxy) is 1. The lowest BCUT2D eigenvalue weighted by molar-refractivity contribution is -0.385. The van der Waals surface area contributed by atoms with Gasteiger partial charge in [0.25, 0.3) is 0 Å². The van der Waals surface area contributed by atoms with Gasteiger partial charge in [-0.3, -0.25) is 10.1 Å². The van der Waals surface area contributed by atoms with Crippen molar-refractivity contribution in [3.8, 4) is 11.5 Å². The predicted octanol–water partition coefficient (Wildman–Crippen LogP) is 3.44. The van der Waals surface area contributed by atoms with E-state index in [1.165, 1.54) is 12.1 Å². The molecule has 2 aromatic rings. The summed E-state index contributed by atoms with van der Waals surface area (Å²) in [5.74, 6) is 0.162. The Balaban J connectivity index is 2.50. The molecule has 0 bridgehead atoms. The molecule has 110 valence electrons. The van der Waals surface area contributed by atoms with Crippen LogP contribution in [0.15, 0.2) is 47.4 Å². The van der Waals surface area contributed by atoms with Crippen molar-refractivity contribution in [2.24, 2.45) is 0 Å². The van der Waals surface area contributed by atoms with Crippen LogP contribution in [-0.2, 0) is 9.84 Å². The molecule has 0 saturated carbocycles. The Hall–Kier alpha value is -2.12. The first kappa shape index (κ1) is 15.3. The summed E-state index contributed by atoms with van der Waals surface area (Å²) < 4.78 is 28.3. The normalized spacial score (nSPS) is 11.1. The van der Waals surface area contributed by atoms with Gasteiger partial charge in [0.1, 0.15) is 5.75 Å². The van der Waals surface area contributed by atoms with E-state index in [1.807, 2.05) is 0 Å². The third-order valence-corrected chi connectivity index (χ3v) is 4.03. The van der Waals surface area contributed by atoms with Crippen LogP contribution in [0.5, 0.6) is 11.5 Å². The largest absolute Gasteiger partial charge is 0.449 e. The van der Waals surface area contributed by atoms with E-state index in [0.717, 1.165) is 12.3 Å². The first-order chi connectivity index (χ1) is 9.79. The van der Waals surface area contributed by atoms with Gasteiger partial charge in [0.2, 0.25) is 5.75 Å². The van der Waals surface area contributed by atoms with Crippen molar-refractivity contribution in [1.82, 2.24) is 0 Å². The summed E-state index contributed by atoms with van der Waals surface area (Å²) in [6.07, 6.45) is 0.973. The molecule has 0 amide bonds. The number of sulfone groups is 1. The maximum Gasteiger partial charge on any atom is 0.312 e. The van der Waals surface area contributed by atoms with Gasteiger partial charge >= 0.3 is 5.69 Å². The van der Waals surface area contributed by atoms with E-state index in [1.54, 1.807) is 24.3 Å². The lowest BCUT2D eigenvalue weighted by atomic mass is 10.3. The number of benzene rings is 2. The molecular weight excluding hydrogens is 318 g/mol. The predicted molar refractivity (Wildman–Crippen MR) is 77.7 cm³/mol. The highest BCUT2D eigenvalue weighted by Crippen LogP contribution is 2.35. The van der Waals surface area contributed by atoms with Gasteiger partial charge in [-0.1, -0.05) is 23.7 Å². The van der Waals surface area contributed by atoms with Crippen molar-refractivity contribution >= 4 is 27.1 Å². The number of nitrogens with zero attached hydrogens (tertiary/aromatic N) is 1. The van der Waals surface area contributed by atoms with Crippen LogP contribution in [0.1, 0.15) is 0 Å². The van der Waals surface area contributed by atoms with Gasteiger partial charge in [-0.2, -0.15) is 0 Å². The topological polar surface area (TPSA) is 86.5 Å². The SMILES string of the molecule is CS(=O)(=O)c1ccc(Oc2ccccc2Cl)c([N+](=O)[O-])c1. The third kappa shape index (κ3) is 3.50. The molecule has 21 heavy (non-hydrogen) atoms. The van der Waals surface area contributed by atoms with Crippen molar-refractivity contribution in [3.05, 3.63) is 57.6 Å². The number of rotatable bonds is 4. The molecule has 2 rings (SSSR count). The van der Waals surface area contributed by atoms with E-state index in [0.29, 0.717) is 5.02 Å². The second-order valence-electron chi connectivity index (χ2n) is 4.19. The fourth-order valence-electron chi connectivity index (χ4n) is 1.60. The van der Waals surface area contributed by atoms with Crippen molar-refractivity contribution in [2.45, 2.75) is 4.90 Å². The van der Waals surface area contributed by atoms with E-state index in [2.05, 4.69) is 0 Å². The maximum atomic E-state index is 11.4. The molecule has 8 heteroatoms. The van der Waals surface area contributed by atoms with Crippen molar-refractivity contribution in [1.29, 1.82) is 0 Å². The van der Waals surface area contributed by atoms with Gasteiger partial charge in [-0.05, 0) is 24.3 Å². The van der Waals surface area contributed by atoms with Crippen LogP contribution in [0.25, 0.3) is 0 Å². The molecular formula is C13H10ClNO5S. The maximum absolute atomic E-state index is 11.4. The third-order valence-electron chi connectivity index (χ3n) is 2.61. The Labute approximate surface area is 126 Å². The standard InChI is InChI=1S/C13H10ClNO5S/c1-21(18,19)9-6-7-13(11(8-9)15(16)17)20-12-5-3-2-4-10(12)14/h2-8H,1H3. The number of hydrogen-bond donors (Lipinski definition) is 0. The van der Waals surface area contributed by atoms with Gasteiger partial charge in [-0.15, -0.1) is 0 Å². The lowest BCUT2D eigenvalue weighted by Gasteiger charge is -2.08. The van der Waals surface area contributed by atoms with Gasteiger partial charge < -0.3 is 4.74 Å². The molecule has 0 radical (unpaired) electrons. The smallest absolute Gasteiger partial charge is 0.312 e. The lowest BCUT2D eigenvalue weighted by Crippen LogP contribution is -2.00. The van der Waals surface area contributed by atoms with Crippen LogP contribution in [0.2, 0.25) is 5.02 Å².